The monoisotopic (exact) mass is 494 g/mol. The Hall–Kier alpha value is -3.64. The number of carbonyl (C=O) groups excluding carboxylic acids is 1. The molecule has 3 heterocycles. The van der Waals surface area contributed by atoms with Crippen LogP contribution in [0.15, 0.2) is 47.1 Å². The largest absolute Gasteiger partial charge is 0.435 e. The topological polar surface area (TPSA) is 61.4 Å². The van der Waals surface area contributed by atoms with E-state index in [1.54, 1.807) is 42.5 Å². The Bertz CT molecular complexity index is 1440. The molecule has 1 aromatic carbocycles. The van der Waals surface area contributed by atoms with Gasteiger partial charge in [0.15, 0.2) is 5.71 Å². The summed E-state index contributed by atoms with van der Waals surface area (Å²) in [5.41, 5.74) is 2.17. The Morgan fingerprint density at radius 3 is 2.54 bits per heavy atom. The number of carbonyl (C=O) groups is 1. The normalized spacial score (nSPS) is 17.0. The molecule has 1 aliphatic heterocycles. The van der Waals surface area contributed by atoms with Crippen LogP contribution < -0.4 is 5.01 Å². The third-order valence-corrected chi connectivity index (χ3v) is 7.66. The lowest BCUT2D eigenvalue weighted by atomic mass is 9.96. The average Bonchev–Trinajstić information content (AvgIpc) is 3.45. The molecule has 0 atom stereocenters. The second kappa shape index (κ2) is 8.54. The molecule has 35 heavy (non-hydrogen) atoms. The van der Waals surface area contributed by atoms with Gasteiger partial charge < -0.3 is 4.57 Å². The van der Waals surface area contributed by atoms with E-state index in [9.17, 15) is 23.2 Å². The van der Waals surface area contributed by atoms with Gasteiger partial charge in [-0.25, -0.2) is 0 Å². The van der Waals surface area contributed by atoms with Crippen molar-refractivity contribution in [2.24, 2.45) is 5.10 Å². The van der Waals surface area contributed by atoms with Crippen LogP contribution in [0.25, 0.3) is 11.1 Å². The first-order valence-electron chi connectivity index (χ1n) is 11.2. The number of rotatable bonds is 3. The number of amides is 1. The lowest BCUT2D eigenvalue weighted by Crippen LogP contribution is -2.25. The lowest BCUT2D eigenvalue weighted by molar-refractivity contribution is -0.114. The van der Waals surface area contributed by atoms with Crippen molar-refractivity contribution in [3.63, 3.8) is 0 Å². The minimum Gasteiger partial charge on any atom is -0.308 e. The van der Waals surface area contributed by atoms with Gasteiger partial charge in [-0.05, 0) is 74.9 Å². The molecule has 0 saturated heterocycles. The van der Waals surface area contributed by atoms with Crippen LogP contribution in [0.1, 0.15) is 45.8 Å². The molecule has 9 heteroatoms. The van der Waals surface area contributed by atoms with Gasteiger partial charge in [-0.15, -0.1) is 11.3 Å². The van der Waals surface area contributed by atoms with Gasteiger partial charge in [-0.2, -0.15) is 28.5 Å². The van der Waals surface area contributed by atoms with Gasteiger partial charge in [0.25, 0.3) is 5.91 Å². The number of alkyl halides is 3. The molecular formula is C26H21F3N4OS. The zero-order chi connectivity index (χ0) is 24.9. The third-order valence-electron chi connectivity index (χ3n) is 6.38. The van der Waals surface area contributed by atoms with Crippen molar-refractivity contribution < 1.29 is 18.0 Å². The van der Waals surface area contributed by atoms with Crippen molar-refractivity contribution in [2.45, 2.75) is 45.7 Å². The van der Waals surface area contributed by atoms with Crippen LogP contribution in [0.4, 0.5) is 18.9 Å². The fourth-order valence-corrected chi connectivity index (χ4v) is 6.17. The van der Waals surface area contributed by atoms with Crippen LogP contribution in [-0.2, 0) is 17.6 Å². The molecule has 1 amide bonds. The maximum Gasteiger partial charge on any atom is 0.435 e. The van der Waals surface area contributed by atoms with E-state index in [1.807, 2.05) is 11.5 Å². The van der Waals surface area contributed by atoms with Gasteiger partial charge >= 0.3 is 6.18 Å². The maximum atomic E-state index is 13.9. The number of aryl methyl sites for hydroxylation is 2. The summed E-state index contributed by atoms with van der Waals surface area (Å²) < 4.78 is 43.5. The number of anilines is 1. The second-order valence-corrected chi connectivity index (χ2v) is 9.71. The number of fused-ring (bicyclic) bond motifs is 1. The Kier molecular flexibility index (Phi) is 5.64. The second-order valence-electron chi connectivity index (χ2n) is 8.62. The Balaban J connectivity index is 1.61. The van der Waals surface area contributed by atoms with E-state index < -0.39 is 23.4 Å². The smallest absolute Gasteiger partial charge is 0.308 e. The van der Waals surface area contributed by atoms with E-state index >= 15 is 0 Å². The van der Waals surface area contributed by atoms with Crippen LogP contribution >= 0.6 is 11.3 Å². The highest BCUT2D eigenvalue weighted by Crippen LogP contribution is 2.39. The molecule has 0 spiro atoms. The van der Waals surface area contributed by atoms with Gasteiger partial charge in [-0.1, -0.05) is 18.2 Å². The molecule has 0 bridgehead atoms. The van der Waals surface area contributed by atoms with E-state index in [0.717, 1.165) is 47.0 Å². The summed E-state index contributed by atoms with van der Waals surface area (Å²) in [6.07, 6.45) is 0.380. The minimum absolute atomic E-state index is 0.260. The molecule has 178 valence electrons. The summed E-state index contributed by atoms with van der Waals surface area (Å²) in [7, 11) is 0. The van der Waals surface area contributed by atoms with Crippen molar-refractivity contribution >= 4 is 34.7 Å². The standard InChI is InChI=1S/C26H21F3N4OS/c1-15-12-17(16(2)32(15)25-21(14-30)19-10-6-7-11-22(19)35-25)13-20-23(26(27,28)29)31-33(24(20)34)18-8-4-3-5-9-18/h3-5,8-9,12-13H,6-7,10-11H2,1-2H3/b20-13-. The Morgan fingerprint density at radius 1 is 1.14 bits per heavy atom. The fraction of sp³-hybridized carbons (Fsp3) is 0.269. The van der Waals surface area contributed by atoms with E-state index in [2.05, 4.69) is 11.2 Å². The molecule has 5 nitrogen and oxygen atoms in total. The summed E-state index contributed by atoms with van der Waals surface area (Å²) >= 11 is 1.57. The molecule has 0 radical (unpaired) electrons. The SMILES string of the molecule is Cc1cc(/C=C2\C(=O)N(c3ccccc3)N=C2C(F)(F)F)c(C)n1-c1sc2c(c1C#N)CCCC2. The number of para-hydroxylation sites is 1. The first kappa shape index (κ1) is 23.1. The minimum atomic E-state index is -4.79. The number of nitrogens with zero attached hydrogens (tertiary/aromatic N) is 4. The number of hydrazone groups is 1. The molecule has 2 aliphatic rings. The predicted molar refractivity (Wildman–Crippen MR) is 130 cm³/mol. The summed E-state index contributed by atoms with van der Waals surface area (Å²) in [6.45, 7) is 3.64. The van der Waals surface area contributed by atoms with Gasteiger partial charge in [0, 0.05) is 16.3 Å². The van der Waals surface area contributed by atoms with Gasteiger partial charge in [0.1, 0.15) is 11.1 Å². The number of hydrogen-bond acceptors (Lipinski definition) is 4. The van der Waals surface area contributed by atoms with E-state index in [0.29, 0.717) is 16.8 Å². The van der Waals surface area contributed by atoms with E-state index in [-0.39, 0.29) is 5.69 Å². The Labute approximate surface area is 204 Å². The molecule has 0 unspecified atom stereocenters. The van der Waals surface area contributed by atoms with Crippen LogP contribution in [0, 0.1) is 25.2 Å². The van der Waals surface area contributed by atoms with Crippen LogP contribution in [0.3, 0.4) is 0 Å². The van der Waals surface area contributed by atoms with Crippen molar-refractivity contribution in [1.82, 2.24) is 4.57 Å². The van der Waals surface area contributed by atoms with Crippen molar-refractivity contribution in [3.8, 4) is 11.1 Å². The molecule has 1 aliphatic carbocycles. The molecule has 5 rings (SSSR count). The third kappa shape index (κ3) is 3.88. The summed E-state index contributed by atoms with van der Waals surface area (Å²) in [6, 6.07) is 12.1. The number of nitriles is 1. The quantitative estimate of drug-likeness (QED) is 0.404. The molecular weight excluding hydrogens is 473 g/mol. The van der Waals surface area contributed by atoms with Gasteiger partial charge in [0.2, 0.25) is 0 Å². The fourth-order valence-electron chi connectivity index (χ4n) is 4.72. The average molecular weight is 495 g/mol. The predicted octanol–water partition coefficient (Wildman–Crippen LogP) is 6.25. The zero-order valence-electron chi connectivity index (χ0n) is 19.1. The van der Waals surface area contributed by atoms with Crippen LogP contribution in [0.5, 0.6) is 0 Å². The molecule has 2 aromatic heterocycles. The highest BCUT2D eigenvalue weighted by Gasteiger charge is 2.47. The van der Waals surface area contributed by atoms with E-state index in [4.69, 9.17) is 0 Å². The first-order chi connectivity index (χ1) is 16.7. The van der Waals surface area contributed by atoms with Crippen molar-refractivity contribution in [1.29, 1.82) is 5.26 Å². The lowest BCUT2D eigenvalue weighted by Gasteiger charge is -2.11. The van der Waals surface area contributed by atoms with Crippen LogP contribution in [-0.4, -0.2) is 22.4 Å². The first-order valence-corrected chi connectivity index (χ1v) is 12.0. The van der Waals surface area contributed by atoms with Crippen molar-refractivity contribution in [3.05, 3.63) is 74.9 Å². The molecule has 0 fully saturated rings. The highest BCUT2D eigenvalue weighted by atomic mass is 32.1. The number of aromatic nitrogens is 1. The highest BCUT2D eigenvalue weighted by molar-refractivity contribution is 7.15. The number of benzene rings is 1. The number of halogens is 3. The van der Waals surface area contributed by atoms with Gasteiger partial charge in [0.05, 0.1) is 16.8 Å². The maximum absolute atomic E-state index is 13.9. The summed E-state index contributed by atoms with van der Waals surface area (Å²) in [5, 5.41) is 15.1. The van der Waals surface area contributed by atoms with E-state index in [1.165, 1.54) is 23.1 Å². The molecule has 0 N–H and O–H groups in total. The van der Waals surface area contributed by atoms with Crippen LogP contribution in [0.2, 0.25) is 0 Å². The summed E-state index contributed by atoms with van der Waals surface area (Å²) in [4.78, 5) is 14.3. The van der Waals surface area contributed by atoms with Crippen molar-refractivity contribution in [2.75, 3.05) is 5.01 Å². The van der Waals surface area contributed by atoms with Gasteiger partial charge in [-0.3, -0.25) is 4.79 Å². The Morgan fingerprint density at radius 2 is 1.86 bits per heavy atom. The summed E-state index contributed by atoms with van der Waals surface area (Å²) in [5.74, 6) is -0.836. The number of hydrogen-bond donors (Lipinski definition) is 0. The zero-order valence-corrected chi connectivity index (χ0v) is 19.9. The molecule has 0 saturated carbocycles. The molecule has 3 aromatic rings. The number of thiophene rings is 1.